The molecule has 2 aromatic rings. The van der Waals surface area contributed by atoms with Crippen molar-refractivity contribution in [3.05, 3.63) is 47.9 Å². The second kappa shape index (κ2) is 3.68. The maximum atomic E-state index is 6.08. The molecule has 0 saturated heterocycles. The van der Waals surface area contributed by atoms with Crippen molar-refractivity contribution in [2.75, 3.05) is 6.61 Å². The number of ether oxygens (including phenoxy) is 1. The Morgan fingerprint density at radius 2 is 2.12 bits per heavy atom. The van der Waals surface area contributed by atoms with Gasteiger partial charge in [-0.1, -0.05) is 18.2 Å². The Morgan fingerprint density at radius 3 is 2.88 bits per heavy atom. The zero-order chi connectivity index (χ0) is 11.0. The molecule has 0 fully saturated rings. The zero-order valence-corrected chi connectivity index (χ0v) is 8.85. The first-order chi connectivity index (χ1) is 7.84. The smallest absolute Gasteiger partial charge is 0.134 e. The highest BCUT2D eigenvalue weighted by Gasteiger charge is 2.20. The molecule has 3 nitrogen and oxygen atoms in total. The normalized spacial score (nSPS) is 17.2. The van der Waals surface area contributed by atoms with Gasteiger partial charge in [0.2, 0.25) is 0 Å². The number of hydrogen-bond acceptors (Lipinski definition) is 3. The highest BCUT2D eigenvalue weighted by molar-refractivity contribution is 5.77. The van der Waals surface area contributed by atoms with Crippen LogP contribution in [0.4, 0.5) is 0 Å². The van der Waals surface area contributed by atoms with Gasteiger partial charge in [-0.15, -0.1) is 0 Å². The van der Waals surface area contributed by atoms with Crippen LogP contribution in [0.2, 0.25) is 0 Å². The Morgan fingerprint density at radius 1 is 1.25 bits per heavy atom. The molecular formula is C13H13NO2. The Bertz CT molecular complexity index is 509. The molecule has 1 aromatic carbocycles. The summed E-state index contributed by atoms with van der Waals surface area (Å²) < 4.78 is 11.1. The Kier molecular flexibility index (Phi) is 2.18. The second-order valence-corrected chi connectivity index (χ2v) is 3.91. The number of fused-ring (bicyclic) bond motifs is 1. The van der Waals surface area contributed by atoms with Crippen LogP contribution in [-0.2, 0) is 4.74 Å². The number of rotatable bonds is 2. The summed E-state index contributed by atoms with van der Waals surface area (Å²) in [7, 11) is 0. The largest absolute Gasteiger partial charge is 0.496 e. The maximum Gasteiger partial charge on any atom is 0.134 e. The molecule has 2 heterocycles. The van der Waals surface area contributed by atoms with Gasteiger partial charge in [-0.05, 0) is 18.2 Å². The molecular weight excluding hydrogens is 202 g/mol. The fourth-order valence-corrected chi connectivity index (χ4v) is 1.95. The molecule has 0 bridgehead atoms. The van der Waals surface area contributed by atoms with Gasteiger partial charge in [0, 0.05) is 11.8 Å². The summed E-state index contributed by atoms with van der Waals surface area (Å²) >= 11 is 0. The van der Waals surface area contributed by atoms with Crippen LogP contribution in [-0.4, -0.2) is 6.61 Å². The van der Waals surface area contributed by atoms with E-state index in [4.69, 9.17) is 14.9 Å². The fourth-order valence-electron chi connectivity index (χ4n) is 1.95. The minimum Gasteiger partial charge on any atom is -0.496 e. The molecule has 0 saturated carbocycles. The third-order valence-corrected chi connectivity index (χ3v) is 2.79. The van der Waals surface area contributed by atoms with Gasteiger partial charge in [0.05, 0.1) is 6.61 Å². The molecule has 2 N–H and O–H groups in total. The van der Waals surface area contributed by atoms with Gasteiger partial charge in [-0.3, -0.25) is 0 Å². The predicted molar refractivity (Wildman–Crippen MR) is 61.8 cm³/mol. The number of hydrogen-bond donors (Lipinski definition) is 1. The molecule has 16 heavy (non-hydrogen) atoms. The SMILES string of the molecule is NC(C1=CCCO1)c1cc2ccccc2o1. The van der Waals surface area contributed by atoms with Crippen LogP contribution >= 0.6 is 0 Å². The number of benzene rings is 1. The van der Waals surface area contributed by atoms with Crippen LogP contribution in [0.1, 0.15) is 18.2 Å². The molecule has 1 aliphatic heterocycles. The van der Waals surface area contributed by atoms with Crippen molar-refractivity contribution in [2.45, 2.75) is 12.5 Å². The molecule has 0 radical (unpaired) electrons. The first-order valence-electron chi connectivity index (χ1n) is 5.41. The van der Waals surface area contributed by atoms with Crippen LogP contribution in [0.3, 0.4) is 0 Å². The van der Waals surface area contributed by atoms with Gasteiger partial charge < -0.3 is 14.9 Å². The van der Waals surface area contributed by atoms with Gasteiger partial charge >= 0.3 is 0 Å². The lowest BCUT2D eigenvalue weighted by molar-refractivity contribution is 0.219. The van der Waals surface area contributed by atoms with E-state index in [1.165, 1.54) is 0 Å². The molecule has 3 heteroatoms. The molecule has 0 aliphatic carbocycles. The van der Waals surface area contributed by atoms with E-state index in [9.17, 15) is 0 Å². The average molecular weight is 215 g/mol. The molecule has 82 valence electrons. The topological polar surface area (TPSA) is 48.4 Å². The number of nitrogens with two attached hydrogens (primary N) is 1. The van der Waals surface area contributed by atoms with Crippen LogP contribution in [0.25, 0.3) is 11.0 Å². The van der Waals surface area contributed by atoms with E-state index in [1.54, 1.807) is 0 Å². The van der Waals surface area contributed by atoms with Crippen molar-refractivity contribution in [1.29, 1.82) is 0 Å². The van der Waals surface area contributed by atoms with Crippen molar-refractivity contribution in [3.8, 4) is 0 Å². The van der Waals surface area contributed by atoms with Crippen LogP contribution in [0, 0.1) is 0 Å². The number of para-hydroxylation sites is 1. The Hall–Kier alpha value is -1.74. The highest BCUT2D eigenvalue weighted by atomic mass is 16.5. The summed E-state index contributed by atoms with van der Waals surface area (Å²) in [5, 5.41) is 1.08. The highest BCUT2D eigenvalue weighted by Crippen LogP contribution is 2.28. The Labute approximate surface area is 93.5 Å². The van der Waals surface area contributed by atoms with Gasteiger partial charge in [-0.2, -0.15) is 0 Å². The molecule has 0 amide bonds. The van der Waals surface area contributed by atoms with E-state index in [0.29, 0.717) is 0 Å². The van der Waals surface area contributed by atoms with Gasteiger partial charge in [0.25, 0.3) is 0 Å². The average Bonchev–Trinajstić information content (AvgIpc) is 2.97. The molecule has 1 unspecified atom stereocenters. The van der Waals surface area contributed by atoms with E-state index < -0.39 is 0 Å². The van der Waals surface area contributed by atoms with Gasteiger partial charge in [-0.25, -0.2) is 0 Å². The summed E-state index contributed by atoms with van der Waals surface area (Å²) in [4.78, 5) is 0. The van der Waals surface area contributed by atoms with E-state index in [2.05, 4.69) is 0 Å². The first kappa shape index (κ1) is 9.48. The van der Waals surface area contributed by atoms with Gasteiger partial charge in [0.1, 0.15) is 23.1 Å². The first-order valence-corrected chi connectivity index (χ1v) is 5.41. The lowest BCUT2D eigenvalue weighted by Gasteiger charge is -2.09. The van der Waals surface area contributed by atoms with Crippen molar-refractivity contribution in [2.24, 2.45) is 5.73 Å². The molecule has 0 spiro atoms. The third kappa shape index (κ3) is 1.49. The van der Waals surface area contributed by atoms with Crippen molar-refractivity contribution in [1.82, 2.24) is 0 Å². The van der Waals surface area contributed by atoms with Crippen molar-refractivity contribution < 1.29 is 9.15 Å². The minimum atomic E-state index is -0.282. The molecule has 1 aromatic heterocycles. The minimum absolute atomic E-state index is 0.282. The third-order valence-electron chi connectivity index (χ3n) is 2.79. The summed E-state index contributed by atoms with van der Waals surface area (Å²) in [6, 6.07) is 9.58. The zero-order valence-electron chi connectivity index (χ0n) is 8.85. The standard InChI is InChI=1S/C13H13NO2/c14-13(11-6-3-7-15-11)12-8-9-4-1-2-5-10(9)16-12/h1-2,4-6,8,13H,3,7,14H2. The second-order valence-electron chi connectivity index (χ2n) is 3.91. The Balaban J connectivity index is 1.99. The van der Waals surface area contributed by atoms with Crippen LogP contribution in [0.5, 0.6) is 0 Å². The van der Waals surface area contributed by atoms with Crippen molar-refractivity contribution in [3.63, 3.8) is 0 Å². The fraction of sp³-hybridized carbons (Fsp3) is 0.231. The van der Waals surface area contributed by atoms with E-state index in [1.807, 2.05) is 36.4 Å². The quantitative estimate of drug-likeness (QED) is 0.837. The van der Waals surface area contributed by atoms with Gasteiger partial charge in [0.15, 0.2) is 0 Å². The number of furan rings is 1. The molecule has 1 aliphatic rings. The lowest BCUT2D eigenvalue weighted by Crippen LogP contribution is -2.12. The maximum absolute atomic E-state index is 6.08. The van der Waals surface area contributed by atoms with Crippen LogP contribution < -0.4 is 5.73 Å². The summed E-state index contributed by atoms with van der Waals surface area (Å²) in [6.45, 7) is 0.725. The monoisotopic (exact) mass is 215 g/mol. The predicted octanol–water partition coefficient (Wildman–Crippen LogP) is 2.74. The molecule has 3 rings (SSSR count). The van der Waals surface area contributed by atoms with E-state index >= 15 is 0 Å². The van der Waals surface area contributed by atoms with Crippen molar-refractivity contribution >= 4 is 11.0 Å². The van der Waals surface area contributed by atoms with E-state index in [0.717, 1.165) is 35.5 Å². The molecule has 1 atom stereocenters. The van der Waals surface area contributed by atoms with Crippen LogP contribution in [0.15, 0.2) is 46.6 Å². The summed E-state index contributed by atoms with van der Waals surface area (Å²) in [5.41, 5.74) is 6.94. The summed E-state index contributed by atoms with van der Waals surface area (Å²) in [5.74, 6) is 1.58. The summed E-state index contributed by atoms with van der Waals surface area (Å²) in [6.07, 6.45) is 2.96. The van der Waals surface area contributed by atoms with E-state index in [-0.39, 0.29) is 6.04 Å². The lowest BCUT2D eigenvalue weighted by atomic mass is 10.1.